The minimum absolute atomic E-state index is 0.0682. The summed E-state index contributed by atoms with van der Waals surface area (Å²) in [6, 6.07) is 28.6. The van der Waals surface area contributed by atoms with Crippen LogP contribution in [-0.4, -0.2) is 182 Å². The van der Waals surface area contributed by atoms with E-state index in [-0.39, 0.29) is 72.6 Å². The zero-order chi connectivity index (χ0) is 90.8. The predicted molar refractivity (Wildman–Crippen MR) is 479 cm³/mol. The lowest BCUT2D eigenvalue weighted by Crippen LogP contribution is -2.54. The van der Waals surface area contributed by atoms with Gasteiger partial charge >= 0.3 is 5.97 Å². The van der Waals surface area contributed by atoms with Crippen LogP contribution < -0.4 is 71.8 Å². The number of para-hydroxylation sites is 1. The van der Waals surface area contributed by atoms with Crippen molar-refractivity contribution in [1.29, 1.82) is 0 Å². The molecular formula is C96H119N13O18. The number of allylic oxidation sites excluding steroid dienone is 1. The number of imide groups is 3. The van der Waals surface area contributed by atoms with E-state index in [1.807, 2.05) is 44.2 Å². The highest BCUT2D eigenvalue weighted by Gasteiger charge is 2.47. The SMILES string of the molecule is C=C1CCC(N2C(=O)c3ccc(NCCCCCCCCNC(=O)COc4c(OC)cc(Cc5cnc(N)nc5N)cc4OC)cc3C2=O)C(=O)N1.CC[C@H](C(=O)N1CCCC[C@H]1C(=O)O[C@H](CCc1ccc(C)c(C)c1)c1ccccc1OCC(=O)NCCCCCCCCNc1ccc2c(c1)C(=O)N(C1CCC(=O)NC1=O)C2=O)c1cc(C)c(OC)c(OC)c1. The Morgan fingerprint density at radius 3 is 1.66 bits per heavy atom. The average Bonchev–Trinajstić information content (AvgIpc) is 1.62. The average molecular weight is 1740 g/mol. The molecule has 0 spiro atoms. The molecule has 3 saturated heterocycles. The van der Waals surface area contributed by atoms with Gasteiger partial charge in [-0.1, -0.05) is 107 Å². The minimum atomic E-state index is -1.00. The molecule has 5 aliphatic rings. The number of carbonyl (C=O) groups excluding carboxylic acids is 11. The van der Waals surface area contributed by atoms with Gasteiger partial charge in [-0.2, -0.15) is 4.98 Å². The predicted octanol–water partition coefficient (Wildman–Crippen LogP) is 12.4. The van der Waals surface area contributed by atoms with Gasteiger partial charge in [-0.3, -0.25) is 63.1 Å². The van der Waals surface area contributed by atoms with Crippen LogP contribution in [-0.2, 0) is 51.1 Å². The summed E-state index contributed by atoms with van der Waals surface area (Å²) in [4.78, 5) is 155. The van der Waals surface area contributed by atoms with Gasteiger partial charge in [0.25, 0.3) is 35.4 Å². The molecule has 12 rings (SSSR count). The second-order valence-corrected chi connectivity index (χ2v) is 32.6. The van der Waals surface area contributed by atoms with E-state index < -0.39 is 71.6 Å². The first-order chi connectivity index (χ1) is 61.3. The number of hydrogen-bond donors (Lipinski definition) is 8. The number of methoxy groups -OCH3 is 4. The van der Waals surface area contributed by atoms with Gasteiger partial charge in [0.1, 0.15) is 35.8 Å². The summed E-state index contributed by atoms with van der Waals surface area (Å²) >= 11 is 0. The molecule has 0 bridgehead atoms. The fourth-order valence-corrected chi connectivity index (χ4v) is 16.6. The summed E-state index contributed by atoms with van der Waals surface area (Å²) in [5.41, 5.74) is 22.0. The summed E-state index contributed by atoms with van der Waals surface area (Å²) < 4.78 is 40.7. The summed E-state index contributed by atoms with van der Waals surface area (Å²) in [7, 11) is 6.19. The van der Waals surface area contributed by atoms with Crippen molar-refractivity contribution in [3.05, 3.63) is 188 Å². The number of benzene rings is 6. The zero-order valence-electron chi connectivity index (χ0n) is 73.9. The van der Waals surface area contributed by atoms with Crippen molar-refractivity contribution in [3.8, 4) is 34.5 Å². The first-order valence-corrected chi connectivity index (χ1v) is 43.9. The van der Waals surface area contributed by atoms with Crippen molar-refractivity contribution in [1.82, 2.24) is 45.9 Å². The fourth-order valence-electron chi connectivity index (χ4n) is 16.6. The number of fused-ring (bicyclic) bond motifs is 2. The number of esters is 1. The number of unbranched alkanes of at least 4 members (excludes halogenated alkanes) is 10. The molecule has 0 aliphatic carbocycles. The Bertz CT molecular complexity index is 5170. The van der Waals surface area contributed by atoms with Gasteiger partial charge in [-0.15, -0.1) is 0 Å². The Labute approximate surface area is 741 Å². The van der Waals surface area contributed by atoms with E-state index in [0.717, 1.165) is 134 Å². The van der Waals surface area contributed by atoms with Crippen LogP contribution in [0.15, 0.2) is 122 Å². The number of nitrogens with two attached hydrogens (primary N) is 2. The highest BCUT2D eigenvalue weighted by atomic mass is 16.6. The van der Waals surface area contributed by atoms with E-state index in [4.69, 9.17) is 44.6 Å². The Morgan fingerprint density at radius 1 is 0.551 bits per heavy atom. The maximum absolute atomic E-state index is 14.5. The van der Waals surface area contributed by atoms with E-state index in [1.165, 1.54) is 25.3 Å². The number of nitrogen functional groups attached to an aromatic ring is 2. The summed E-state index contributed by atoms with van der Waals surface area (Å²) in [6.45, 7) is 14.3. The highest BCUT2D eigenvalue weighted by Crippen LogP contribution is 2.42. The van der Waals surface area contributed by atoms with Crippen LogP contribution in [0.25, 0.3) is 0 Å². The van der Waals surface area contributed by atoms with Crippen molar-refractivity contribution < 1.29 is 85.9 Å². The van der Waals surface area contributed by atoms with Crippen molar-refractivity contribution in [3.63, 3.8) is 0 Å². The van der Waals surface area contributed by atoms with Crippen LogP contribution in [0, 0.1) is 20.8 Å². The molecule has 6 heterocycles. The van der Waals surface area contributed by atoms with E-state index >= 15 is 0 Å². The molecule has 3 fully saturated rings. The van der Waals surface area contributed by atoms with Crippen LogP contribution in [0.1, 0.15) is 240 Å². The van der Waals surface area contributed by atoms with E-state index in [0.29, 0.717) is 139 Å². The molecule has 127 heavy (non-hydrogen) atoms. The van der Waals surface area contributed by atoms with Gasteiger partial charge < -0.3 is 76.1 Å². The minimum Gasteiger partial charge on any atom is -0.493 e. The van der Waals surface area contributed by atoms with Crippen LogP contribution in [0.5, 0.6) is 34.5 Å². The van der Waals surface area contributed by atoms with E-state index in [2.05, 4.69) is 80.5 Å². The van der Waals surface area contributed by atoms with Crippen LogP contribution >= 0.6 is 0 Å². The molecule has 2 unspecified atom stereocenters. The second-order valence-electron chi connectivity index (χ2n) is 32.6. The number of likely N-dealkylation sites (tertiary alicyclic amines) is 1. The summed E-state index contributed by atoms with van der Waals surface area (Å²) in [5.74, 6) is -1.83. The second kappa shape index (κ2) is 45.7. The topological polar surface area (TPSA) is 412 Å². The fraction of sp³-hybridized carbons (Fsp3) is 0.448. The van der Waals surface area contributed by atoms with Crippen molar-refractivity contribution in [2.24, 2.45) is 0 Å². The number of nitrogens with zero attached hydrogens (tertiary/aromatic N) is 5. The quantitative estimate of drug-likeness (QED) is 0.00999. The molecule has 1 aromatic heterocycles. The normalized spacial score (nSPS) is 16.4. The third-order valence-corrected chi connectivity index (χ3v) is 23.7. The molecule has 0 saturated carbocycles. The van der Waals surface area contributed by atoms with Gasteiger partial charge in [-0.25, -0.2) is 9.78 Å². The van der Waals surface area contributed by atoms with Crippen molar-refractivity contribution in [2.75, 3.05) is 96.5 Å². The highest BCUT2D eigenvalue weighted by molar-refractivity contribution is 6.24. The first-order valence-electron chi connectivity index (χ1n) is 43.9. The van der Waals surface area contributed by atoms with Gasteiger partial charge in [0.05, 0.1) is 56.6 Å². The molecule has 6 aromatic carbocycles. The largest absolute Gasteiger partial charge is 0.493 e. The monoisotopic (exact) mass is 1740 g/mol. The van der Waals surface area contributed by atoms with E-state index in [1.54, 1.807) is 79.9 Å². The number of hydrogen-bond acceptors (Lipinski definition) is 24. The number of rotatable bonds is 43. The van der Waals surface area contributed by atoms with Gasteiger partial charge in [-0.05, 0) is 198 Å². The van der Waals surface area contributed by atoms with E-state index in [9.17, 15) is 52.7 Å². The molecule has 5 atom stereocenters. The third-order valence-electron chi connectivity index (χ3n) is 23.7. The lowest BCUT2D eigenvalue weighted by Gasteiger charge is -2.37. The standard InChI is InChI=1S/C59H73N5O11.C37H46N8O7/c1-7-43(41-33-39(4)54(73-6)51(34-41)72-5)56(68)63-31-17-14-19-48(63)59(71)75-50(27-23-40-22-21-37(2)38(3)32-40)45-18-12-13-20-49(45)74-36-53(66)61-30-16-11-9-8-10-15-29-60-42-24-25-44-46(35-42)58(70)64(57(44)69)47-26-28-52(65)62-55(47)67;1-22-10-13-28(34(47)43-22)45-35(48)26-12-11-25(19-27(26)36(45)49)40-14-8-6-4-5-7-9-15-41-31(46)21-52-32-29(50-2)17-23(18-30(32)51-3)16-24-20-42-37(39)44-33(24)38/h12-13,18,20-22,24-25,32-35,43,47-48,50,60H,7-11,14-17,19,23,26-31,36H2,1-6H3,(H,61,66)(H,62,65,67);11-12,17-20,28,40H,1,4-10,13-16,21H2,2-3H3,(H,41,46)(H,43,47)(H4,38,39,42,44)/t43-,47?,48-,50+;/m0./s1. The third kappa shape index (κ3) is 24.5. The lowest BCUT2D eigenvalue weighted by molar-refractivity contribution is -0.162. The maximum Gasteiger partial charge on any atom is 0.329 e. The number of anilines is 4. The Morgan fingerprint density at radius 2 is 1.10 bits per heavy atom. The molecule has 10 N–H and O–H groups in total. The van der Waals surface area contributed by atoms with Gasteiger partial charge in [0.15, 0.2) is 36.2 Å². The number of ether oxygens (including phenoxy) is 7. The summed E-state index contributed by atoms with van der Waals surface area (Å²) in [5, 5.41) is 17.4. The molecule has 7 aromatic rings. The number of amides is 10. The van der Waals surface area contributed by atoms with Crippen molar-refractivity contribution >= 4 is 88.2 Å². The smallest absolute Gasteiger partial charge is 0.329 e. The summed E-state index contributed by atoms with van der Waals surface area (Å²) in [6.07, 6.45) is 17.5. The Hall–Kier alpha value is -13.1. The number of aromatic nitrogens is 2. The number of aryl methyl sites for hydroxylation is 4. The van der Waals surface area contributed by atoms with Gasteiger partial charge in [0.2, 0.25) is 35.3 Å². The molecule has 31 nitrogen and oxygen atoms in total. The van der Waals surface area contributed by atoms with Crippen LogP contribution in [0.4, 0.5) is 23.1 Å². The van der Waals surface area contributed by atoms with Crippen LogP contribution in [0.2, 0.25) is 0 Å². The molecule has 10 amide bonds. The van der Waals surface area contributed by atoms with Crippen molar-refractivity contribution in [2.45, 2.75) is 206 Å². The number of piperidine rings is 3. The molecule has 676 valence electrons. The molecule has 5 aliphatic heterocycles. The number of carbonyl (C=O) groups is 11. The zero-order valence-corrected chi connectivity index (χ0v) is 73.9. The molecular weight excluding hydrogens is 1620 g/mol. The lowest BCUT2D eigenvalue weighted by atomic mass is 9.91. The maximum atomic E-state index is 14.5. The number of nitrogens with one attached hydrogen (secondary N) is 6. The molecule has 0 radical (unpaired) electrons. The Balaban J connectivity index is 0.000000263. The first kappa shape index (κ1) is 94.6. The van der Waals surface area contributed by atoms with Crippen LogP contribution in [0.3, 0.4) is 0 Å². The van der Waals surface area contributed by atoms with Gasteiger partial charge in [0, 0.05) is 80.0 Å². The Kier molecular flexibility index (Phi) is 34.0. The molecule has 31 heteroatoms.